The van der Waals surface area contributed by atoms with Crippen molar-refractivity contribution in [3.05, 3.63) is 0 Å². The molecule has 0 aromatic carbocycles. The van der Waals surface area contributed by atoms with Gasteiger partial charge in [0.25, 0.3) is 0 Å². The molecule has 1 heterocycles. The third-order valence-electron chi connectivity index (χ3n) is 6.48. The van der Waals surface area contributed by atoms with Crippen molar-refractivity contribution in [3.63, 3.8) is 0 Å². The summed E-state index contributed by atoms with van der Waals surface area (Å²) in [4.78, 5) is 41.1. The molecule has 1 aliphatic carbocycles. The minimum Gasteiger partial charge on any atom is -0.446 e. The Bertz CT molecular complexity index is 571. The van der Waals surface area contributed by atoms with Gasteiger partial charge in [0.15, 0.2) is 0 Å². The van der Waals surface area contributed by atoms with E-state index in [9.17, 15) is 14.4 Å². The minimum absolute atomic E-state index is 0.0379. The second kappa shape index (κ2) is 11.6. The summed E-state index contributed by atoms with van der Waals surface area (Å²) in [5.74, 6) is 0.866. The van der Waals surface area contributed by atoms with Gasteiger partial charge in [0.1, 0.15) is 12.1 Å². The Morgan fingerprint density at radius 3 is 1.93 bits per heavy atom. The number of piperazine rings is 1. The van der Waals surface area contributed by atoms with Gasteiger partial charge in [-0.05, 0) is 24.2 Å². The highest BCUT2D eigenvalue weighted by atomic mass is 16.6. The van der Waals surface area contributed by atoms with E-state index in [1.165, 1.54) is 19.3 Å². The van der Waals surface area contributed by atoms with Crippen LogP contribution >= 0.6 is 0 Å². The van der Waals surface area contributed by atoms with E-state index in [0.717, 1.165) is 12.8 Å². The molecule has 2 aliphatic rings. The van der Waals surface area contributed by atoms with Crippen LogP contribution < -0.4 is 5.32 Å². The van der Waals surface area contributed by atoms with Gasteiger partial charge in [-0.25, -0.2) is 4.79 Å². The predicted molar refractivity (Wildman–Crippen MR) is 117 cm³/mol. The number of alkyl carbamates (subject to hydrolysis) is 1. The molecular weight excluding hydrogens is 382 g/mol. The van der Waals surface area contributed by atoms with Crippen LogP contribution in [0.2, 0.25) is 0 Å². The topological polar surface area (TPSA) is 79.0 Å². The normalized spacial score (nSPS) is 19.3. The molecule has 1 saturated carbocycles. The minimum atomic E-state index is -0.565. The van der Waals surface area contributed by atoms with Gasteiger partial charge in [0, 0.05) is 33.1 Å². The summed E-state index contributed by atoms with van der Waals surface area (Å²) >= 11 is 0. The SMILES string of the molecule is CC(=O)N1CCN(C(=O)C(CC2CCCCC2)NC(=O)OC(C(C)C)C(C)C)CC1. The number of carbonyl (C=O) groups is 3. The smallest absolute Gasteiger partial charge is 0.408 e. The van der Waals surface area contributed by atoms with E-state index in [0.29, 0.717) is 38.5 Å². The van der Waals surface area contributed by atoms with Gasteiger partial charge in [0.05, 0.1) is 0 Å². The van der Waals surface area contributed by atoms with Crippen molar-refractivity contribution >= 4 is 17.9 Å². The number of rotatable bonds is 7. The molecule has 172 valence electrons. The van der Waals surface area contributed by atoms with Crippen LogP contribution in [0.3, 0.4) is 0 Å². The van der Waals surface area contributed by atoms with Crippen LogP contribution in [0.5, 0.6) is 0 Å². The van der Waals surface area contributed by atoms with Gasteiger partial charge in [-0.15, -0.1) is 0 Å². The Balaban J connectivity index is 2.03. The van der Waals surface area contributed by atoms with Crippen LogP contribution in [0.4, 0.5) is 4.79 Å². The van der Waals surface area contributed by atoms with Gasteiger partial charge in [-0.3, -0.25) is 9.59 Å². The van der Waals surface area contributed by atoms with Crippen molar-refractivity contribution in [2.75, 3.05) is 26.2 Å². The molecule has 0 aromatic heterocycles. The van der Waals surface area contributed by atoms with E-state index >= 15 is 0 Å². The Morgan fingerprint density at radius 1 is 0.900 bits per heavy atom. The molecule has 1 N–H and O–H groups in total. The molecule has 30 heavy (non-hydrogen) atoms. The van der Waals surface area contributed by atoms with Gasteiger partial charge < -0.3 is 19.9 Å². The first-order chi connectivity index (χ1) is 14.2. The lowest BCUT2D eigenvalue weighted by Crippen LogP contribution is -2.56. The number of ether oxygens (including phenoxy) is 1. The lowest BCUT2D eigenvalue weighted by Gasteiger charge is -2.37. The third-order valence-corrected chi connectivity index (χ3v) is 6.48. The van der Waals surface area contributed by atoms with Gasteiger partial charge in [-0.2, -0.15) is 0 Å². The van der Waals surface area contributed by atoms with E-state index < -0.39 is 12.1 Å². The second-order valence-electron chi connectivity index (χ2n) is 9.63. The maximum Gasteiger partial charge on any atom is 0.408 e. The molecule has 1 saturated heterocycles. The maximum atomic E-state index is 13.3. The lowest BCUT2D eigenvalue weighted by atomic mass is 9.84. The van der Waals surface area contributed by atoms with Crippen LogP contribution in [-0.2, 0) is 14.3 Å². The molecule has 0 bridgehead atoms. The standard InChI is InChI=1S/C23H41N3O4/c1-16(2)21(17(3)4)30-23(29)24-20(15-19-9-7-6-8-10-19)22(28)26-13-11-25(12-14-26)18(5)27/h16-17,19-21H,6-15H2,1-5H3,(H,24,29). The monoisotopic (exact) mass is 423 g/mol. The van der Waals surface area contributed by atoms with Crippen molar-refractivity contribution in [2.45, 2.75) is 85.3 Å². The number of nitrogens with zero attached hydrogens (tertiary/aromatic N) is 2. The largest absolute Gasteiger partial charge is 0.446 e. The van der Waals surface area contributed by atoms with E-state index in [-0.39, 0.29) is 29.8 Å². The van der Waals surface area contributed by atoms with Crippen LogP contribution in [0.25, 0.3) is 0 Å². The highest BCUT2D eigenvalue weighted by molar-refractivity contribution is 5.86. The number of nitrogens with one attached hydrogen (secondary N) is 1. The van der Waals surface area contributed by atoms with Crippen LogP contribution in [0, 0.1) is 17.8 Å². The fourth-order valence-electron chi connectivity index (χ4n) is 4.78. The highest BCUT2D eigenvalue weighted by Gasteiger charge is 2.33. The first-order valence-electron chi connectivity index (χ1n) is 11.7. The summed E-state index contributed by atoms with van der Waals surface area (Å²) in [6, 6.07) is -0.565. The summed E-state index contributed by atoms with van der Waals surface area (Å²) in [5.41, 5.74) is 0. The summed E-state index contributed by atoms with van der Waals surface area (Å²) < 4.78 is 5.71. The quantitative estimate of drug-likeness (QED) is 0.680. The molecule has 1 atom stereocenters. The predicted octanol–water partition coefficient (Wildman–Crippen LogP) is 3.42. The van der Waals surface area contributed by atoms with Crippen molar-refractivity contribution in [1.29, 1.82) is 0 Å². The molecule has 7 heteroatoms. The van der Waals surface area contributed by atoms with Crippen molar-refractivity contribution < 1.29 is 19.1 Å². The highest BCUT2D eigenvalue weighted by Crippen LogP contribution is 2.28. The Labute approximate surface area is 181 Å². The first kappa shape index (κ1) is 24.5. The van der Waals surface area contributed by atoms with E-state index in [1.807, 2.05) is 27.7 Å². The Hall–Kier alpha value is -1.79. The lowest BCUT2D eigenvalue weighted by molar-refractivity contribution is -0.140. The molecule has 3 amide bonds. The van der Waals surface area contributed by atoms with Gasteiger partial charge in [0.2, 0.25) is 11.8 Å². The summed E-state index contributed by atoms with van der Waals surface area (Å²) in [7, 11) is 0. The fourth-order valence-corrected chi connectivity index (χ4v) is 4.78. The zero-order chi connectivity index (χ0) is 22.3. The first-order valence-corrected chi connectivity index (χ1v) is 11.7. The molecule has 2 rings (SSSR count). The van der Waals surface area contributed by atoms with Gasteiger partial charge >= 0.3 is 6.09 Å². The summed E-state index contributed by atoms with van der Waals surface area (Å²) in [6.45, 7) is 11.8. The average molecular weight is 424 g/mol. The molecule has 2 fully saturated rings. The molecule has 0 spiro atoms. The number of carbonyl (C=O) groups excluding carboxylic acids is 3. The van der Waals surface area contributed by atoms with Crippen LogP contribution in [0.15, 0.2) is 0 Å². The maximum absolute atomic E-state index is 13.3. The number of amides is 3. The van der Waals surface area contributed by atoms with Crippen molar-refractivity contribution in [2.24, 2.45) is 17.8 Å². The molecule has 7 nitrogen and oxygen atoms in total. The molecule has 1 unspecified atom stereocenters. The molecule has 1 aliphatic heterocycles. The number of hydrogen-bond donors (Lipinski definition) is 1. The van der Waals surface area contributed by atoms with Gasteiger partial charge in [-0.1, -0.05) is 59.8 Å². The summed E-state index contributed by atoms with van der Waals surface area (Å²) in [6.07, 6.45) is 5.83. The fraction of sp³-hybridized carbons (Fsp3) is 0.870. The van der Waals surface area contributed by atoms with Crippen molar-refractivity contribution in [3.8, 4) is 0 Å². The molecule has 0 radical (unpaired) electrons. The van der Waals surface area contributed by atoms with Crippen LogP contribution in [-0.4, -0.2) is 66.0 Å². The third kappa shape index (κ3) is 7.17. The zero-order valence-electron chi connectivity index (χ0n) is 19.5. The molecular formula is C23H41N3O4. The number of hydrogen-bond acceptors (Lipinski definition) is 4. The Morgan fingerprint density at radius 2 is 1.43 bits per heavy atom. The Kier molecular flexibility index (Phi) is 9.43. The van der Waals surface area contributed by atoms with E-state index in [4.69, 9.17) is 4.74 Å². The average Bonchev–Trinajstić information content (AvgIpc) is 2.71. The zero-order valence-corrected chi connectivity index (χ0v) is 19.5. The van der Waals surface area contributed by atoms with Crippen molar-refractivity contribution in [1.82, 2.24) is 15.1 Å². The van der Waals surface area contributed by atoms with E-state index in [2.05, 4.69) is 5.32 Å². The second-order valence-corrected chi connectivity index (χ2v) is 9.63. The van der Waals surface area contributed by atoms with Crippen LogP contribution in [0.1, 0.15) is 73.1 Å². The molecule has 0 aromatic rings. The van der Waals surface area contributed by atoms with E-state index in [1.54, 1.807) is 16.7 Å². The summed E-state index contributed by atoms with van der Waals surface area (Å²) in [5, 5.41) is 2.90.